The number of amides is 1. The number of benzene rings is 2. The molecule has 2 N–H and O–H groups in total. The van der Waals surface area contributed by atoms with Crippen molar-refractivity contribution in [2.45, 2.75) is 6.92 Å². The maximum Gasteiger partial charge on any atom is 0.279 e. The van der Waals surface area contributed by atoms with Crippen LogP contribution in [0.5, 0.6) is 0 Å². The number of anilines is 2. The van der Waals surface area contributed by atoms with Crippen LogP contribution in [0.25, 0.3) is 0 Å². The fraction of sp³-hybridized carbons (Fsp3) is 0.316. The average Bonchev–Trinajstić information content (AvgIpc) is 2.60. The lowest BCUT2D eigenvalue weighted by atomic mass is 10.1. The van der Waals surface area contributed by atoms with Gasteiger partial charge in [-0.3, -0.25) is 4.79 Å². The number of hydrogen-bond donors (Lipinski definition) is 2. The van der Waals surface area contributed by atoms with Gasteiger partial charge >= 0.3 is 0 Å². The molecular formula is C19H22ClFN3O+. The first-order chi connectivity index (χ1) is 12.0. The molecule has 0 unspecified atom stereocenters. The molecule has 1 aliphatic rings. The molecule has 0 spiro atoms. The van der Waals surface area contributed by atoms with Crippen molar-refractivity contribution in [3.8, 4) is 0 Å². The van der Waals surface area contributed by atoms with Gasteiger partial charge in [-0.2, -0.15) is 0 Å². The Bertz CT molecular complexity index is 743. The topological polar surface area (TPSA) is 36.8 Å². The summed E-state index contributed by atoms with van der Waals surface area (Å²) in [6.07, 6.45) is 0. The Morgan fingerprint density at radius 3 is 2.56 bits per heavy atom. The third-order valence-electron chi connectivity index (χ3n) is 4.59. The second-order valence-corrected chi connectivity index (χ2v) is 6.76. The van der Waals surface area contributed by atoms with Crippen LogP contribution in [0.3, 0.4) is 0 Å². The zero-order valence-corrected chi connectivity index (χ0v) is 14.9. The van der Waals surface area contributed by atoms with Crippen LogP contribution in [-0.2, 0) is 4.79 Å². The molecule has 4 nitrogen and oxygen atoms in total. The summed E-state index contributed by atoms with van der Waals surface area (Å²) in [5.74, 6) is -0.356. The van der Waals surface area contributed by atoms with Crippen LogP contribution in [-0.4, -0.2) is 38.6 Å². The van der Waals surface area contributed by atoms with Crippen molar-refractivity contribution in [3.63, 3.8) is 0 Å². The summed E-state index contributed by atoms with van der Waals surface area (Å²) in [4.78, 5) is 15.7. The number of carbonyl (C=O) groups excluding carboxylic acids is 1. The third-order valence-corrected chi connectivity index (χ3v) is 5.00. The van der Waals surface area contributed by atoms with Crippen LogP contribution in [0, 0.1) is 12.7 Å². The van der Waals surface area contributed by atoms with E-state index < -0.39 is 0 Å². The summed E-state index contributed by atoms with van der Waals surface area (Å²) in [7, 11) is 0. The van der Waals surface area contributed by atoms with E-state index in [-0.39, 0.29) is 11.7 Å². The molecule has 0 saturated carbocycles. The molecule has 6 heteroatoms. The minimum absolute atomic E-state index is 0.0472. The molecule has 3 rings (SSSR count). The number of piperazine rings is 1. The largest absolute Gasteiger partial charge is 0.360 e. The molecule has 25 heavy (non-hydrogen) atoms. The Labute approximate surface area is 152 Å². The van der Waals surface area contributed by atoms with Crippen molar-refractivity contribution in [2.75, 3.05) is 42.9 Å². The summed E-state index contributed by atoms with van der Waals surface area (Å²) in [5, 5.41) is 3.60. The van der Waals surface area contributed by atoms with E-state index in [2.05, 4.69) is 16.3 Å². The van der Waals surface area contributed by atoms with Gasteiger partial charge in [-0.05, 0) is 48.9 Å². The highest BCUT2D eigenvalue weighted by molar-refractivity contribution is 6.31. The van der Waals surface area contributed by atoms with E-state index in [9.17, 15) is 9.18 Å². The number of halogens is 2. The second-order valence-electron chi connectivity index (χ2n) is 6.35. The van der Waals surface area contributed by atoms with Gasteiger partial charge in [0.2, 0.25) is 0 Å². The molecule has 0 radical (unpaired) electrons. The number of rotatable bonds is 4. The maximum absolute atomic E-state index is 12.9. The zero-order valence-electron chi connectivity index (χ0n) is 14.2. The fourth-order valence-corrected chi connectivity index (χ4v) is 3.31. The van der Waals surface area contributed by atoms with Gasteiger partial charge in [0.1, 0.15) is 5.82 Å². The van der Waals surface area contributed by atoms with E-state index in [1.807, 2.05) is 19.1 Å². The van der Waals surface area contributed by atoms with Gasteiger partial charge in [-0.15, -0.1) is 0 Å². The van der Waals surface area contributed by atoms with E-state index in [4.69, 9.17) is 11.6 Å². The standard InChI is InChI=1S/C19H21ClFN3O/c1-14-17(20)3-2-4-18(14)24-11-9-23(10-12-24)13-19(25)22-16-7-5-15(21)6-8-16/h2-8H,9-13H2,1H3,(H,22,25)/p+1. The highest BCUT2D eigenvalue weighted by Gasteiger charge is 2.23. The molecule has 1 saturated heterocycles. The smallest absolute Gasteiger partial charge is 0.279 e. The van der Waals surface area contributed by atoms with Crippen LogP contribution < -0.4 is 15.1 Å². The lowest BCUT2D eigenvalue weighted by molar-refractivity contribution is -0.892. The molecule has 2 aromatic carbocycles. The minimum Gasteiger partial charge on any atom is -0.360 e. The van der Waals surface area contributed by atoms with Gasteiger partial charge in [0.05, 0.1) is 26.2 Å². The highest BCUT2D eigenvalue weighted by atomic mass is 35.5. The molecule has 2 aromatic rings. The Hall–Kier alpha value is -2.11. The lowest BCUT2D eigenvalue weighted by Crippen LogP contribution is -3.15. The first-order valence-corrected chi connectivity index (χ1v) is 8.80. The van der Waals surface area contributed by atoms with Crippen LogP contribution in [0.1, 0.15) is 5.56 Å². The SMILES string of the molecule is Cc1c(Cl)cccc1N1CC[NH+](CC(=O)Nc2ccc(F)cc2)CC1. The highest BCUT2D eigenvalue weighted by Crippen LogP contribution is 2.26. The predicted octanol–water partition coefficient (Wildman–Crippen LogP) is 2.13. The molecule has 1 amide bonds. The molecule has 0 atom stereocenters. The maximum atomic E-state index is 12.9. The Morgan fingerprint density at radius 1 is 1.20 bits per heavy atom. The molecule has 0 aliphatic carbocycles. The van der Waals surface area contributed by atoms with Crippen molar-refractivity contribution in [1.82, 2.24) is 0 Å². The number of nitrogens with zero attached hydrogens (tertiary/aromatic N) is 1. The van der Waals surface area contributed by atoms with Crippen molar-refractivity contribution in [2.24, 2.45) is 0 Å². The van der Waals surface area contributed by atoms with Crippen molar-refractivity contribution >= 4 is 28.9 Å². The molecule has 132 valence electrons. The van der Waals surface area contributed by atoms with Crippen LogP contribution >= 0.6 is 11.6 Å². The quantitative estimate of drug-likeness (QED) is 0.874. The zero-order chi connectivity index (χ0) is 17.8. The van der Waals surface area contributed by atoms with Crippen LogP contribution in [0.15, 0.2) is 42.5 Å². The molecule has 1 heterocycles. The number of hydrogen-bond acceptors (Lipinski definition) is 2. The van der Waals surface area contributed by atoms with Crippen molar-refractivity contribution < 1.29 is 14.1 Å². The van der Waals surface area contributed by atoms with Gasteiger partial charge in [0.25, 0.3) is 5.91 Å². The summed E-state index contributed by atoms with van der Waals surface area (Å²) in [6, 6.07) is 11.8. The fourth-order valence-electron chi connectivity index (χ4n) is 3.14. The normalized spacial score (nSPS) is 15.2. The average molecular weight is 363 g/mol. The van der Waals surface area contributed by atoms with Gasteiger partial charge in [0, 0.05) is 16.4 Å². The third kappa shape index (κ3) is 4.50. The Kier molecular flexibility index (Phi) is 5.56. The van der Waals surface area contributed by atoms with Crippen molar-refractivity contribution in [3.05, 3.63) is 58.9 Å². The summed E-state index contributed by atoms with van der Waals surface area (Å²) >= 11 is 6.21. The van der Waals surface area contributed by atoms with E-state index in [1.165, 1.54) is 22.7 Å². The van der Waals surface area contributed by atoms with Crippen LogP contribution in [0.4, 0.5) is 15.8 Å². The molecule has 1 fully saturated rings. The first-order valence-electron chi connectivity index (χ1n) is 8.42. The van der Waals surface area contributed by atoms with E-state index in [1.54, 1.807) is 12.1 Å². The van der Waals surface area contributed by atoms with E-state index in [0.717, 1.165) is 36.8 Å². The Morgan fingerprint density at radius 2 is 1.88 bits per heavy atom. The van der Waals surface area contributed by atoms with Crippen molar-refractivity contribution in [1.29, 1.82) is 0 Å². The molecule has 1 aliphatic heterocycles. The number of quaternary nitrogens is 1. The molecule has 0 aromatic heterocycles. The lowest BCUT2D eigenvalue weighted by Gasteiger charge is -2.34. The number of carbonyl (C=O) groups is 1. The molecule has 0 bridgehead atoms. The van der Waals surface area contributed by atoms with Gasteiger partial charge in [-0.1, -0.05) is 17.7 Å². The number of nitrogens with one attached hydrogen (secondary N) is 2. The Balaban J connectivity index is 1.51. The van der Waals surface area contributed by atoms with E-state index in [0.29, 0.717) is 12.2 Å². The van der Waals surface area contributed by atoms with Gasteiger partial charge < -0.3 is 15.1 Å². The summed E-state index contributed by atoms with van der Waals surface area (Å²) in [6.45, 7) is 6.01. The minimum atomic E-state index is -0.309. The first kappa shape index (κ1) is 17.7. The van der Waals surface area contributed by atoms with E-state index >= 15 is 0 Å². The second kappa shape index (κ2) is 7.85. The molecular weight excluding hydrogens is 341 g/mol. The summed E-state index contributed by atoms with van der Waals surface area (Å²) < 4.78 is 12.9. The van der Waals surface area contributed by atoms with Crippen LogP contribution in [0.2, 0.25) is 5.02 Å². The van der Waals surface area contributed by atoms with Gasteiger partial charge in [-0.25, -0.2) is 4.39 Å². The summed E-state index contributed by atoms with van der Waals surface area (Å²) in [5.41, 5.74) is 2.89. The van der Waals surface area contributed by atoms with Gasteiger partial charge in [0.15, 0.2) is 6.54 Å². The predicted molar refractivity (Wildman–Crippen MR) is 99.0 cm³/mol. The monoisotopic (exact) mass is 362 g/mol.